The molecule has 1 fully saturated rings. The number of benzene rings is 1. The van der Waals surface area contributed by atoms with E-state index in [2.05, 4.69) is 16.2 Å². The van der Waals surface area contributed by atoms with E-state index in [0.29, 0.717) is 5.02 Å². The average molecular weight is 298 g/mol. The number of carbonyl (C=O) groups excluding carboxylic acids is 1. The van der Waals surface area contributed by atoms with Crippen LogP contribution in [0.2, 0.25) is 5.02 Å². The van der Waals surface area contributed by atoms with Crippen LogP contribution < -0.4 is 16.2 Å². The highest BCUT2D eigenvalue weighted by molar-refractivity contribution is 6.30. The normalized spacial score (nSPS) is 21.4. The largest absolute Gasteiger partial charge is 0.375 e. The Morgan fingerprint density at radius 1 is 1.45 bits per heavy atom. The van der Waals surface area contributed by atoms with Crippen LogP contribution in [-0.2, 0) is 9.53 Å². The molecule has 0 spiro atoms. The van der Waals surface area contributed by atoms with Crippen molar-refractivity contribution < 1.29 is 9.53 Å². The molecular formula is C14H20ClN3O2. The first-order valence-corrected chi connectivity index (χ1v) is 7.06. The minimum absolute atomic E-state index is 0.0153. The number of hydrazine groups is 1. The standard InChI is InChI=1S/C14H20ClN3O2/c1-9(17-14(19)12-7-8-16-18-12)13(20-2)10-3-5-11(15)6-4-10/h3-6,9,12-13,16,18H,7-8H2,1-2H3,(H,17,19). The van der Waals surface area contributed by atoms with Gasteiger partial charge in [0, 0.05) is 18.7 Å². The van der Waals surface area contributed by atoms with E-state index in [4.69, 9.17) is 16.3 Å². The number of methoxy groups -OCH3 is 1. The van der Waals surface area contributed by atoms with Gasteiger partial charge in [0.2, 0.25) is 5.91 Å². The molecule has 3 unspecified atom stereocenters. The summed E-state index contributed by atoms with van der Waals surface area (Å²) in [6, 6.07) is 7.15. The van der Waals surface area contributed by atoms with E-state index < -0.39 is 0 Å². The molecule has 0 saturated carbocycles. The van der Waals surface area contributed by atoms with Gasteiger partial charge in [-0.05, 0) is 31.0 Å². The molecule has 0 radical (unpaired) electrons. The molecule has 1 aromatic carbocycles. The summed E-state index contributed by atoms with van der Waals surface area (Å²) in [5.41, 5.74) is 6.88. The van der Waals surface area contributed by atoms with E-state index in [1.807, 2.05) is 31.2 Å². The molecular weight excluding hydrogens is 278 g/mol. The van der Waals surface area contributed by atoms with Gasteiger partial charge in [-0.1, -0.05) is 23.7 Å². The van der Waals surface area contributed by atoms with Crippen LogP contribution in [0.25, 0.3) is 0 Å². The third-order valence-corrected chi connectivity index (χ3v) is 3.68. The summed E-state index contributed by atoms with van der Waals surface area (Å²) in [7, 11) is 1.64. The summed E-state index contributed by atoms with van der Waals surface area (Å²) < 4.78 is 5.51. The molecule has 20 heavy (non-hydrogen) atoms. The molecule has 1 amide bonds. The first-order chi connectivity index (χ1) is 9.61. The summed E-state index contributed by atoms with van der Waals surface area (Å²) in [6.45, 7) is 2.74. The lowest BCUT2D eigenvalue weighted by Crippen LogP contribution is -2.47. The molecule has 1 aliphatic heterocycles. The van der Waals surface area contributed by atoms with Crippen LogP contribution in [0.1, 0.15) is 25.0 Å². The Labute approximate surface area is 124 Å². The third-order valence-electron chi connectivity index (χ3n) is 3.43. The zero-order valence-electron chi connectivity index (χ0n) is 11.7. The molecule has 1 aromatic rings. The molecule has 1 saturated heterocycles. The predicted octanol–water partition coefficient (Wildman–Crippen LogP) is 1.40. The van der Waals surface area contributed by atoms with Gasteiger partial charge in [0.1, 0.15) is 12.1 Å². The smallest absolute Gasteiger partial charge is 0.238 e. The van der Waals surface area contributed by atoms with Gasteiger partial charge < -0.3 is 10.1 Å². The van der Waals surface area contributed by atoms with Crippen molar-refractivity contribution in [1.82, 2.24) is 16.2 Å². The van der Waals surface area contributed by atoms with Crippen LogP contribution in [0.4, 0.5) is 0 Å². The van der Waals surface area contributed by atoms with Crippen molar-refractivity contribution in [1.29, 1.82) is 0 Å². The molecule has 110 valence electrons. The van der Waals surface area contributed by atoms with Crippen molar-refractivity contribution in [2.24, 2.45) is 0 Å². The summed E-state index contributed by atoms with van der Waals surface area (Å²) >= 11 is 5.88. The topological polar surface area (TPSA) is 62.4 Å². The first-order valence-electron chi connectivity index (χ1n) is 6.69. The molecule has 0 bridgehead atoms. The van der Waals surface area contributed by atoms with Crippen LogP contribution in [0, 0.1) is 0 Å². The second-order valence-electron chi connectivity index (χ2n) is 4.92. The minimum atomic E-state index is -0.203. The van der Waals surface area contributed by atoms with Gasteiger partial charge >= 0.3 is 0 Å². The van der Waals surface area contributed by atoms with Crippen molar-refractivity contribution in [2.75, 3.05) is 13.7 Å². The van der Waals surface area contributed by atoms with Gasteiger partial charge in [0.25, 0.3) is 0 Å². The summed E-state index contributed by atoms with van der Waals surface area (Å²) in [6.07, 6.45) is 0.586. The lowest BCUT2D eigenvalue weighted by atomic mass is 10.0. The maximum Gasteiger partial charge on any atom is 0.238 e. The molecule has 2 rings (SSSR count). The van der Waals surface area contributed by atoms with Gasteiger partial charge in [0.15, 0.2) is 0 Å². The van der Waals surface area contributed by atoms with Crippen molar-refractivity contribution in [3.8, 4) is 0 Å². The monoisotopic (exact) mass is 297 g/mol. The van der Waals surface area contributed by atoms with Gasteiger partial charge in [-0.15, -0.1) is 0 Å². The second kappa shape index (κ2) is 7.04. The van der Waals surface area contributed by atoms with Crippen molar-refractivity contribution in [2.45, 2.75) is 31.5 Å². The maximum atomic E-state index is 12.1. The molecule has 0 aliphatic carbocycles. The van der Waals surface area contributed by atoms with E-state index in [-0.39, 0.29) is 24.1 Å². The average Bonchev–Trinajstić information content (AvgIpc) is 2.96. The van der Waals surface area contributed by atoms with Crippen LogP contribution in [0.5, 0.6) is 0 Å². The molecule has 0 aromatic heterocycles. The minimum Gasteiger partial charge on any atom is -0.375 e. The SMILES string of the molecule is COC(c1ccc(Cl)cc1)C(C)NC(=O)C1CCNN1. The Hall–Kier alpha value is -1.14. The highest BCUT2D eigenvalue weighted by atomic mass is 35.5. The van der Waals surface area contributed by atoms with Gasteiger partial charge in [0.05, 0.1) is 6.04 Å². The zero-order valence-corrected chi connectivity index (χ0v) is 12.4. The van der Waals surface area contributed by atoms with E-state index in [0.717, 1.165) is 18.5 Å². The fourth-order valence-corrected chi connectivity index (χ4v) is 2.49. The molecule has 1 aliphatic rings. The van der Waals surface area contributed by atoms with Crippen LogP contribution in [0.15, 0.2) is 24.3 Å². The zero-order chi connectivity index (χ0) is 14.5. The number of carbonyl (C=O) groups is 1. The van der Waals surface area contributed by atoms with Crippen LogP contribution in [-0.4, -0.2) is 31.6 Å². The molecule has 5 nitrogen and oxygen atoms in total. The number of hydrogen-bond donors (Lipinski definition) is 3. The highest BCUT2D eigenvalue weighted by Gasteiger charge is 2.26. The summed E-state index contributed by atoms with van der Waals surface area (Å²) in [4.78, 5) is 12.1. The molecule has 3 N–H and O–H groups in total. The number of halogens is 1. The summed E-state index contributed by atoms with van der Waals surface area (Å²) in [5, 5.41) is 3.67. The van der Waals surface area contributed by atoms with E-state index in [1.54, 1.807) is 7.11 Å². The van der Waals surface area contributed by atoms with Crippen molar-refractivity contribution in [3.63, 3.8) is 0 Å². The Bertz CT molecular complexity index is 446. The number of nitrogens with one attached hydrogen (secondary N) is 3. The molecule has 1 heterocycles. The van der Waals surface area contributed by atoms with Crippen LogP contribution in [0.3, 0.4) is 0 Å². The lowest BCUT2D eigenvalue weighted by molar-refractivity contribution is -0.124. The second-order valence-corrected chi connectivity index (χ2v) is 5.35. The van der Waals surface area contributed by atoms with Crippen LogP contribution >= 0.6 is 11.6 Å². The fraction of sp³-hybridized carbons (Fsp3) is 0.500. The fourth-order valence-electron chi connectivity index (χ4n) is 2.36. The number of hydrogen-bond acceptors (Lipinski definition) is 4. The quantitative estimate of drug-likeness (QED) is 0.769. The third kappa shape index (κ3) is 3.70. The molecule has 6 heteroatoms. The number of rotatable bonds is 5. The van der Waals surface area contributed by atoms with Gasteiger partial charge in [-0.3, -0.25) is 10.2 Å². The molecule has 3 atom stereocenters. The highest BCUT2D eigenvalue weighted by Crippen LogP contribution is 2.22. The summed E-state index contributed by atoms with van der Waals surface area (Å²) in [5.74, 6) is -0.0153. The Morgan fingerprint density at radius 2 is 2.15 bits per heavy atom. The Kier molecular flexibility index (Phi) is 5.37. The number of ether oxygens (including phenoxy) is 1. The Balaban J connectivity index is 1.99. The first kappa shape index (κ1) is 15.3. The van der Waals surface area contributed by atoms with Crippen molar-refractivity contribution >= 4 is 17.5 Å². The van der Waals surface area contributed by atoms with E-state index in [1.165, 1.54) is 0 Å². The maximum absolute atomic E-state index is 12.1. The van der Waals surface area contributed by atoms with E-state index in [9.17, 15) is 4.79 Å². The van der Waals surface area contributed by atoms with Crippen molar-refractivity contribution in [3.05, 3.63) is 34.9 Å². The van der Waals surface area contributed by atoms with Gasteiger partial charge in [-0.2, -0.15) is 0 Å². The van der Waals surface area contributed by atoms with Gasteiger partial charge in [-0.25, -0.2) is 5.43 Å². The van der Waals surface area contributed by atoms with E-state index >= 15 is 0 Å². The Morgan fingerprint density at radius 3 is 2.70 bits per heavy atom. The lowest BCUT2D eigenvalue weighted by Gasteiger charge is -2.25. The number of amides is 1. The predicted molar refractivity (Wildman–Crippen MR) is 78.4 cm³/mol.